The second-order valence-corrected chi connectivity index (χ2v) is 10.1. The summed E-state index contributed by atoms with van der Waals surface area (Å²) >= 11 is 0. The lowest BCUT2D eigenvalue weighted by molar-refractivity contribution is -0.215. The van der Waals surface area contributed by atoms with Crippen LogP contribution in [0.15, 0.2) is 27.4 Å². The van der Waals surface area contributed by atoms with Gasteiger partial charge in [-0.2, -0.15) is 0 Å². The van der Waals surface area contributed by atoms with E-state index in [1.807, 2.05) is 13.8 Å². The lowest BCUT2D eigenvalue weighted by atomic mass is 9.49. The van der Waals surface area contributed by atoms with E-state index >= 15 is 0 Å². The van der Waals surface area contributed by atoms with Crippen LogP contribution in [0.5, 0.6) is 5.75 Å². The Morgan fingerprint density at radius 3 is 2.40 bits per heavy atom. The van der Waals surface area contributed by atoms with E-state index in [1.165, 1.54) is 21.0 Å². The number of aryl methyl sites for hydroxylation is 1. The minimum absolute atomic E-state index is 0.231. The molecule has 0 N–H and O–H groups in total. The molecule has 1 fully saturated rings. The number of carbonyl (C=O) groups excluding carboxylic acids is 3. The van der Waals surface area contributed by atoms with E-state index < -0.39 is 58.6 Å². The van der Waals surface area contributed by atoms with Gasteiger partial charge >= 0.3 is 23.5 Å². The molecule has 2 aliphatic rings. The molecule has 1 aliphatic heterocycles. The first-order valence-electron chi connectivity index (χ1n) is 11.6. The minimum Gasteiger partial charge on any atom is -0.486 e. The number of hydrogen-bond acceptors (Lipinski definition) is 9. The molecule has 192 valence electrons. The average Bonchev–Trinajstić information content (AvgIpc) is 2.70. The van der Waals surface area contributed by atoms with Crippen molar-refractivity contribution in [3.63, 3.8) is 0 Å². The molecule has 9 nitrogen and oxygen atoms in total. The zero-order valence-corrected chi connectivity index (χ0v) is 21.4. The van der Waals surface area contributed by atoms with E-state index in [0.29, 0.717) is 29.1 Å². The van der Waals surface area contributed by atoms with Gasteiger partial charge in [0.05, 0.1) is 19.1 Å². The molecule has 6 atom stereocenters. The zero-order valence-electron chi connectivity index (χ0n) is 21.4. The van der Waals surface area contributed by atoms with Crippen LogP contribution in [0.4, 0.5) is 0 Å². The third-order valence-corrected chi connectivity index (χ3v) is 7.45. The Labute approximate surface area is 204 Å². The van der Waals surface area contributed by atoms with Crippen LogP contribution in [0.25, 0.3) is 0 Å². The van der Waals surface area contributed by atoms with Crippen LogP contribution >= 0.6 is 0 Å². The van der Waals surface area contributed by atoms with Gasteiger partial charge in [-0.05, 0) is 27.2 Å². The van der Waals surface area contributed by atoms with Gasteiger partial charge in [0.25, 0.3) is 0 Å². The zero-order chi connectivity index (χ0) is 26.3. The van der Waals surface area contributed by atoms with Gasteiger partial charge < -0.3 is 23.4 Å². The molecule has 3 rings (SSSR count). The number of methoxy groups -OCH3 is 1. The number of esters is 3. The van der Waals surface area contributed by atoms with E-state index in [-0.39, 0.29) is 12.8 Å². The summed E-state index contributed by atoms with van der Waals surface area (Å²) in [5.74, 6) is -1.75. The van der Waals surface area contributed by atoms with Crippen molar-refractivity contribution >= 4 is 17.9 Å². The lowest BCUT2D eigenvalue weighted by Crippen LogP contribution is -2.67. The summed E-state index contributed by atoms with van der Waals surface area (Å²) in [5, 5.41) is 0. The standard InChI is InChI=1S/C26H34O9/c1-13(2)23-19(33-15(4)27)12-25(6)20(10-17-18(35-25)9-14(3)32-24(17)30)26(23,7)21(34-16(5)28)11-22(29)31-8/h9,19-21,23H,1,10-12H2,2-8H3. The molecular weight excluding hydrogens is 456 g/mol. The van der Waals surface area contributed by atoms with Crippen molar-refractivity contribution in [2.75, 3.05) is 7.11 Å². The van der Waals surface area contributed by atoms with Crippen molar-refractivity contribution in [2.24, 2.45) is 17.3 Å². The maximum Gasteiger partial charge on any atom is 0.342 e. The molecular formula is C26H34O9. The first-order chi connectivity index (χ1) is 16.2. The van der Waals surface area contributed by atoms with Crippen LogP contribution in [0.3, 0.4) is 0 Å². The summed E-state index contributed by atoms with van der Waals surface area (Å²) in [6, 6.07) is 1.67. The molecule has 35 heavy (non-hydrogen) atoms. The maximum absolute atomic E-state index is 12.8. The van der Waals surface area contributed by atoms with Crippen LogP contribution < -0.4 is 10.4 Å². The summed E-state index contributed by atoms with van der Waals surface area (Å²) < 4.78 is 28.2. The van der Waals surface area contributed by atoms with Gasteiger partial charge in [0.1, 0.15) is 29.3 Å². The summed E-state index contributed by atoms with van der Waals surface area (Å²) in [5.41, 5.74) is -1.41. The van der Waals surface area contributed by atoms with Crippen LogP contribution in [0, 0.1) is 24.2 Å². The fourth-order valence-electron chi connectivity index (χ4n) is 6.24. The highest BCUT2D eigenvalue weighted by molar-refractivity contribution is 5.71. The summed E-state index contributed by atoms with van der Waals surface area (Å²) in [6.07, 6.45) is -1.31. The highest BCUT2D eigenvalue weighted by atomic mass is 16.6. The van der Waals surface area contributed by atoms with Gasteiger partial charge in [-0.3, -0.25) is 14.4 Å². The summed E-state index contributed by atoms with van der Waals surface area (Å²) in [6.45, 7) is 14.0. The molecule has 2 heterocycles. The van der Waals surface area contributed by atoms with Gasteiger partial charge in [0.2, 0.25) is 0 Å². The molecule has 0 bridgehead atoms. The van der Waals surface area contributed by atoms with Gasteiger partial charge in [0.15, 0.2) is 0 Å². The number of hydrogen-bond donors (Lipinski definition) is 0. The predicted octanol–water partition coefficient (Wildman–Crippen LogP) is 3.29. The topological polar surface area (TPSA) is 118 Å². The third kappa shape index (κ3) is 4.86. The molecule has 9 heteroatoms. The van der Waals surface area contributed by atoms with Crippen LogP contribution in [-0.2, 0) is 35.0 Å². The largest absolute Gasteiger partial charge is 0.486 e. The molecule has 1 saturated carbocycles. The van der Waals surface area contributed by atoms with Gasteiger partial charge in [-0.25, -0.2) is 4.79 Å². The second-order valence-electron chi connectivity index (χ2n) is 10.1. The quantitative estimate of drug-likeness (QED) is 0.336. The number of carbonyl (C=O) groups is 3. The van der Waals surface area contributed by atoms with E-state index in [1.54, 1.807) is 19.9 Å². The molecule has 0 spiro atoms. The van der Waals surface area contributed by atoms with Gasteiger partial charge in [0, 0.05) is 43.6 Å². The van der Waals surface area contributed by atoms with Crippen LogP contribution in [0.1, 0.15) is 58.8 Å². The second kappa shape index (κ2) is 9.51. The van der Waals surface area contributed by atoms with Crippen molar-refractivity contribution in [3.8, 4) is 5.75 Å². The fourth-order valence-corrected chi connectivity index (χ4v) is 6.24. The van der Waals surface area contributed by atoms with Crippen molar-refractivity contribution < 1.29 is 37.7 Å². The first kappa shape index (κ1) is 26.5. The molecule has 1 aliphatic carbocycles. The monoisotopic (exact) mass is 490 g/mol. The smallest absolute Gasteiger partial charge is 0.342 e. The predicted molar refractivity (Wildman–Crippen MR) is 125 cm³/mol. The SMILES string of the molecule is C=C(C)C1C(OC(C)=O)CC2(C)Oc3cc(C)oc(=O)c3CC2C1(C)C(CC(=O)OC)OC(C)=O. The number of ether oxygens (including phenoxy) is 4. The molecule has 0 radical (unpaired) electrons. The Kier molecular flexibility index (Phi) is 7.20. The highest BCUT2D eigenvalue weighted by Gasteiger charge is 2.65. The van der Waals surface area contributed by atoms with Gasteiger partial charge in [-0.15, -0.1) is 0 Å². The fraction of sp³-hybridized carbons (Fsp3) is 0.615. The van der Waals surface area contributed by atoms with E-state index in [0.717, 1.165) is 0 Å². The van der Waals surface area contributed by atoms with Crippen molar-refractivity contribution in [1.29, 1.82) is 0 Å². The Morgan fingerprint density at radius 1 is 1.20 bits per heavy atom. The van der Waals surface area contributed by atoms with Crippen molar-refractivity contribution in [3.05, 3.63) is 40.0 Å². The summed E-state index contributed by atoms with van der Waals surface area (Å²) in [4.78, 5) is 49.5. The van der Waals surface area contributed by atoms with Gasteiger partial charge in [-0.1, -0.05) is 19.1 Å². The molecule has 0 amide bonds. The van der Waals surface area contributed by atoms with E-state index in [2.05, 4.69) is 6.58 Å². The Morgan fingerprint density at radius 2 is 1.86 bits per heavy atom. The van der Waals surface area contributed by atoms with E-state index in [4.69, 9.17) is 23.4 Å². The molecule has 6 unspecified atom stereocenters. The molecule has 1 aromatic rings. The first-order valence-corrected chi connectivity index (χ1v) is 11.6. The van der Waals surface area contributed by atoms with E-state index in [9.17, 15) is 19.2 Å². The highest BCUT2D eigenvalue weighted by Crippen LogP contribution is 2.60. The average molecular weight is 491 g/mol. The Bertz CT molecular complexity index is 1100. The van der Waals surface area contributed by atoms with Crippen LogP contribution in [0.2, 0.25) is 0 Å². The molecule has 0 saturated heterocycles. The number of fused-ring (bicyclic) bond motifs is 2. The Balaban J connectivity index is 2.28. The van der Waals surface area contributed by atoms with Crippen LogP contribution in [-0.4, -0.2) is 42.8 Å². The normalized spacial score (nSPS) is 30.1. The third-order valence-electron chi connectivity index (χ3n) is 7.45. The maximum atomic E-state index is 12.8. The molecule has 0 aromatic carbocycles. The summed E-state index contributed by atoms with van der Waals surface area (Å²) in [7, 11) is 1.26. The molecule has 1 aromatic heterocycles. The van der Waals surface area contributed by atoms with Crippen molar-refractivity contribution in [2.45, 2.75) is 78.6 Å². The minimum atomic E-state index is -1.03. The lowest BCUT2D eigenvalue weighted by Gasteiger charge is -2.61. The van der Waals surface area contributed by atoms with Crippen molar-refractivity contribution in [1.82, 2.24) is 0 Å². The number of rotatable bonds is 6. The Hall–Kier alpha value is -3.10.